The van der Waals surface area contributed by atoms with Crippen LogP contribution < -0.4 is 5.56 Å². The van der Waals surface area contributed by atoms with Crippen molar-refractivity contribution in [2.75, 3.05) is 0 Å². The van der Waals surface area contributed by atoms with E-state index < -0.39 is 11.7 Å². The summed E-state index contributed by atoms with van der Waals surface area (Å²) in [7, 11) is 0. The number of nitrogens with zero attached hydrogens (tertiary/aromatic N) is 3. The fraction of sp³-hybridized carbons (Fsp3) is 0.0833. The minimum absolute atomic E-state index is 0.0439. The van der Waals surface area contributed by atoms with Gasteiger partial charge in [-0.3, -0.25) is 4.79 Å². The number of imidazole rings is 1. The van der Waals surface area contributed by atoms with Crippen molar-refractivity contribution in [1.82, 2.24) is 14.2 Å². The lowest BCUT2D eigenvalue weighted by Gasteiger charge is -2.15. The highest BCUT2D eigenvalue weighted by atomic mass is 19.4. The van der Waals surface area contributed by atoms with Crippen LogP contribution in [-0.2, 0) is 12.7 Å². The van der Waals surface area contributed by atoms with Gasteiger partial charge in [0.1, 0.15) is 5.52 Å². The van der Waals surface area contributed by atoms with Crippen molar-refractivity contribution in [3.8, 4) is 17.3 Å². The molecule has 160 valence electrons. The highest BCUT2D eigenvalue weighted by Gasteiger charge is 2.31. The second-order valence-corrected chi connectivity index (χ2v) is 7.39. The van der Waals surface area contributed by atoms with Crippen LogP contribution in [-0.4, -0.2) is 19.3 Å². The first-order chi connectivity index (χ1) is 15.3. The summed E-state index contributed by atoms with van der Waals surface area (Å²) in [5.41, 5.74) is 0.0103. The monoisotopic (exact) mass is 435 g/mol. The highest BCUT2D eigenvalue weighted by molar-refractivity contribution is 5.98. The molecule has 0 bridgehead atoms. The zero-order valence-corrected chi connectivity index (χ0v) is 16.5. The maximum Gasteiger partial charge on any atom is 0.416 e. The third-order valence-corrected chi connectivity index (χ3v) is 5.35. The molecule has 0 aliphatic heterocycles. The van der Waals surface area contributed by atoms with E-state index in [1.807, 2.05) is 30.3 Å². The predicted molar refractivity (Wildman–Crippen MR) is 115 cm³/mol. The lowest BCUT2D eigenvalue weighted by molar-refractivity contribution is -0.137. The van der Waals surface area contributed by atoms with Crippen molar-refractivity contribution in [3.05, 3.63) is 100 Å². The van der Waals surface area contributed by atoms with Gasteiger partial charge in [-0.2, -0.15) is 18.2 Å². The smallest absolute Gasteiger partial charge is 0.416 e. The van der Waals surface area contributed by atoms with Crippen molar-refractivity contribution >= 4 is 16.3 Å². The van der Waals surface area contributed by atoms with Crippen LogP contribution in [0.5, 0.6) is 5.88 Å². The summed E-state index contributed by atoms with van der Waals surface area (Å²) in [6.45, 7) is 0.142. The molecule has 2 aromatic heterocycles. The van der Waals surface area contributed by atoms with Gasteiger partial charge in [-0.05, 0) is 23.8 Å². The minimum atomic E-state index is -4.54. The molecule has 32 heavy (non-hydrogen) atoms. The van der Waals surface area contributed by atoms with Gasteiger partial charge in [0, 0.05) is 10.9 Å². The molecular weight excluding hydrogens is 419 g/mol. The molecule has 8 heteroatoms. The molecular formula is C24H16F3N3O2. The average Bonchev–Trinajstić information content (AvgIpc) is 3.14. The summed E-state index contributed by atoms with van der Waals surface area (Å²) in [5, 5.41) is 11.5. The van der Waals surface area contributed by atoms with Gasteiger partial charge in [-0.1, -0.05) is 60.7 Å². The quantitative estimate of drug-likeness (QED) is 0.430. The number of aromatic hydroxyl groups is 1. The predicted octanol–water partition coefficient (Wildman–Crippen LogP) is 5.09. The van der Waals surface area contributed by atoms with Gasteiger partial charge in [0.05, 0.1) is 17.5 Å². The van der Waals surface area contributed by atoms with Crippen LogP contribution in [0.2, 0.25) is 0 Å². The molecule has 0 radical (unpaired) electrons. The number of fused-ring (bicyclic) bond motifs is 3. The van der Waals surface area contributed by atoms with Crippen molar-refractivity contribution in [2.45, 2.75) is 12.7 Å². The average molecular weight is 435 g/mol. The molecule has 2 heterocycles. The molecule has 0 atom stereocenters. The van der Waals surface area contributed by atoms with Crippen molar-refractivity contribution in [2.24, 2.45) is 0 Å². The maximum absolute atomic E-state index is 13.4. The van der Waals surface area contributed by atoms with Crippen molar-refractivity contribution < 1.29 is 18.3 Å². The van der Waals surface area contributed by atoms with E-state index in [1.165, 1.54) is 21.3 Å². The Bertz CT molecular complexity index is 1520. The number of aromatic nitrogens is 3. The van der Waals surface area contributed by atoms with E-state index in [4.69, 9.17) is 0 Å². The zero-order valence-electron chi connectivity index (χ0n) is 16.5. The van der Waals surface area contributed by atoms with E-state index in [-0.39, 0.29) is 34.9 Å². The molecule has 0 aliphatic rings. The molecule has 0 amide bonds. The first kappa shape index (κ1) is 19.9. The first-order valence-corrected chi connectivity index (χ1v) is 9.79. The molecule has 5 nitrogen and oxygen atoms in total. The Morgan fingerprint density at radius 3 is 2.28 bits per heavy atom. The molecule has 0 unspecified atom stereocenters. The van der Waals surface area contributed by atoms with E-state index in [0.29, 0.717) is 10.8 Å². The molecule has 0 saturated carbocycles. The van der Waals surface area contributed by atoms with Gasteiger partial charge in [-0.15, -0.1) is 0 Å². The summed E-state index contributed by atoms with van der Waals surface area (Å²) in [4.78, 5) is 17.6. The molecule has 0 aliphatic carbocycles. The van der Waals surface area contributed by atoms with Gasteiger partial charge in [0.2, 0.25) is 5.88 Å². The lowest BCUT2D eigenvalue weighted by atomic mass is 10.1. The SMILES string of the molecule is O=c1c2ccccc2c2c(O)nc(-c3cccc(C(F)(F)F)c3)n2n1Cc1ccccc1. The third kappa shape index (κ3) is 3.20. The third-order valence-electron chi connectivity index (χ3n) is 5.35. The van der Waals surface area contributed by atoms with E-state index in [9.17, 15) is 23.1 Å². The first-order valence-electron chi connectivity index (χ1n) is 9.79. The summed E-state index contributed by atoms with van der Waals surface area (Å²) in [6, 6.07) is 20.6. The van der Waals surface area contributed by atoms with Gasteiger partial charge in [0.25, 0.3) is 5.56 Å². The van der Waals surface area contributed by atoms with E-state index in [2.05, 4.69) is 4.98 Å². The Morgan fingerprint density at radius 2 is 1.56 bits per heavy atom. The fourth-order valence-corrected chi connectivity index (χ4v) is 3.90. The van der Waals surface area contributed by atoms with Crippen molar-refractivity contribution in [1.29, 1.82) is 0 Å². The van der Waals surface area contributed by atoms with Gasteiger partial charge in [0.15, 0.2) is 5.82 Å². The summed E-state index contributed by atoms with van der Waals surface area (Å²) < 4.78 is 42.7. The molecule has 5 rings (SSSR count). The molecule has 0 spiro atoms. The van der Waals surface area contributed by atoms with Crippen LogP contribution in [0, 0.1) is 0 Å². The molecule has 0 fully saturated rings. The minimum Gasteiger partial charge on any atom is -0.492 e. The van der Waals surface area contributed by atoms with E-state index in [0.717, 1.165) is 17.7 Å². The second-order valence-electron chi connectivity index (χ2n) is 7.39. The number of hydrogen-bond donors (Lipinski definition) is 1. The largest absolute Gasteiger partial charge is 0.492 e. The van der Waals surface area contributed by atoms with Crippen LogP contribution in [0.3, 0.4) is 0 Å². The molecule has 5 aromatic rings. The number of rotatable bonds is 3. The number of hydrogen-bond acceptors (Lipinski definition) is 3. The Labute approximate surface area is 179 Å². The fourth-order valence-electron chi connectivity index (χ4n) is 3.90. The molecule has 0 saturated heterocycles. The van der Waals surface area contributed by atoms with Gasteiger partial charge < -0.3 is 5.11 Å². The molecule has 1 N–H and O–H groups in total. The topological polar surface area (TPSA) is 59.5 Å². The molecule has 3 aromatic carbocycles. The second kappa shape index (κ2) is 7.26. The summed E-state index contributed by atoms with van der Waals surface area (Å²) in [5.74, 6) is -0.321. The zero-order chi connectivity index (χ0) is 22.5. The standard InChI is InChI=1S/C24H16F3N3O2/c25-24(26,27)17-10-6-9-16(13-17)21-28-22(31)20-18-11-4-5-12-19(18)23(32)29(30(20)21)14-15-7-2-1-3-8-15/h1-13,31H,14H2. The Morgan fingerprint density at radius 1 is 0.875 bits per heavy atom. The Hall–Kier alpha value is -4.07. The summed E-state index contributed by atoms with van der Waals surface area (Å²) in [6.07, 6.45) is -4.54. The van der Waals surface area contributed by atoms with Crippen LogP contribution >= 0.6 is 0 Å². The Kier molecular flexibility index (Phi) is 4.51. The van der Waals surface area contributed by atoms with Crippen LogP contribution in [0.15, 0.2) is 83.7 Å². The van der Waals surface area contributed by atoms with Gasteiger partial charge >= 0.3 is 6.18 Å². The number of halogens is 3. The number of alkyl halides is 3. The van der Waals surface area contributed by atoms with Crippen molar-refractivity contribution in [3.63, 3.8) is 0 Å². The van der Waals surface area contributed by atoms with Crippen LogP contribution in [0.4, 0.5) is 13.2 Å². The van der Waals surface area contributed by atoms with E-state index in [1.54, 1.807) is 24.3 Å². The van der Waals surface area contributed by atoms with Crippen LogP contribution in [0.1, 0.15) is 11.1 Å². The van der Waals surface area contributed by atoms with Crippen LogP contribution in [0.25, 0.3) is 27.7 Å². The summed E-state index contributed by atoms with van der Waals surface area (Å²) >= 11 is 0. The normalized spacial score (nSPS) is 12.0. The maximum atomic E-state index is 13.4. The van der Waals surface area contributed by atoms with E-state index >= 15 is 0 Å². The van der Waals surface area contributed by atoms with Gasteiger partial charge in [-0.25, -0.2) is 9.20 Å². The highest BCUT2D eigenvalue weighted by Crippen LogP contribution is 2.34. The lowest BCUT2D eigenvalue weighted by Crippen LogP contribution is -2.27. The Balaban J connectivity index is 1.87. The number of benzene rings is 3.